The highest BCUT2D eigenvalue weighted by molar-refractivity contribution is 6.10. The Morgan fingerprint density at radius 3 is 2.43 bits per heavy atom. The molecule has 3 aromatic rings. The molecule has 0 aliphatic rings. The third kappa shape index (κ3) is 5.75. The molecule has 0 bridgehead atoms. The summed E-state index contributed by atoms with van der Waals surface area (Å²) in [4.78, 5) is 33.0. The molecule has 0 aliphatic carbocycles. The molecule has 152 valence electrons. The van der Waals surface area contributed by atoms with Gasteiger partial charge in [0, 0.05) is 17.4 Å². The van der Waals surface area contributed by atoms with Crippen molar-refractivity contribution in [1.29, 1.82) is 0 Å². The standard InChI is InChI=1S/C23H22N4O3/c1-16-6-5-8-19(14-16)26-23(25-15-20-7-3-4-13-24-20)27-21(28)17-9-11-18(12-10-17)22(29)30-2/h3-14H,15H2,1-2H3,(H2,25,26,27,28). The Labute approximate surface area is 174 Å². The van der Waals surface area contributed by atoms with Crippen LogP contribution in [-0.4, -0.2) is 29.9 Å². The van der Waals surface area contributed by atoms with E-state index in [0.717, 1.165) is 16.9 Å². The van der Waals surface area contributed by atoms with Gasteiger partial charge in [-0.05, 0) is 61.0 Å². The number of hydrogen-bond acceptors (Lipinski definition) is 5. The maximum Gasteiger partial charge on any atom is 0.337 e. The predicted octanol–water partition coefficient (Wildman–Crippen LogP) is 3.57. The number of anilines is 1. The van der Waals surface area contributed by atoms with Gasteiger partial charge in [0.2, 0.25) is 5.96 Å². The van der Waals surface area contributed by atoms with E-state index in [1.165, 1.54) is 7.11 Å². The monoisotopic (exact) mass is 402 g/mol. The van der Waals surface area contributed by atoms with Crippen LogP contribution in [0.1, 0.15) is 32.0 Å². The zero-order valence-electron chi connectivity index (χ0n) is 16.8. The SMILES string of the molecule is COC(=O)c1ccc(C(=O)NC(=NCc2ccccn2)Nc2cccc(C)c2)cc1. The fourth-order valence-corrected chi connectivity index (χ4v) is 2.68. The molecule has 3 rings (SSSR count). The molecule has 7 heteroatoms. The van der Waals surface area contributed by atoms with Gasteiger partial charge in [0.1, 0.15) is 0 Å². The molecule has 30 heavy (non-hydrogen) atoms. The highest BCUT2D eigenvalue weighted by Gasteiger charge is 2.12. The molecule has 0 fully saturated rings. The molecule has 0 radical (unpaired) electrons. The second-order valence-corrected chi connectivity index (χ2v) is 6.50. The van der Waals surface area contributed by atoms with Crippen molar-refractivity contribution in [3.05, 3.63) is 95.3 Å². The van der Waals surface area contributed by atoms with Crippen molar-refractivity contribution in [3.8, 4) is 0 Å². The molecule has 1 amide bonds. The van der Waals surface area contributed by atoms with Crippen LogP contribution in [0, 0.1) is 6.92 Å². The summed E-state index contributed by atoms with van der Waals surface area (Å²) in [5.41, 5.74) is 3.41. The van der Waals surface area contributed by atoms with Crippen LogP contribution in [0.4, 0.5) is 5.69 Å². The number of amides is 1. The van der Waals surface area contributed by atoms with E-state index in [2.05, 4.69) is 25.3 Å². The zero-order valence-corrected chi connectivity index (χ0v) is 16.8. The fraction of sp³-hybridized carbons (Fsp3) is 0.130. The van der Waals surface area contributed by atoms with Gasteiger partial charge < -0.3 is 10.1 Å². The highest BCUT2D eigenvalue weighted by atomic mass is 16.5. The predicted molar refractivity (Wildman–Crippen MR) is 115 cm³/mol. The van der Waals surface area contributed by atoms with Crippen molar-refractivity contribution in [2.45, 2.75) is 13.5 Å². The van der Waals surface area contributed by atoms with Crippen LogP contribution < -0.4 is 10.6 Å². The quantitative estimate of drug-likeness (QED) is 0.387. The maximum atomic E-state index is 12.7. The molecular weight excluding hydrogens is 380 g/mol. The smallest absolute Gasteiger partial charge is 0.337 e. The molecule has 2 aromatic carbocycles. The minimum Gasteiger partial charge on any atom is -0.465 e. The number of pyridine rings is 1. The van der Waals surface area contributed by atoms with Gasteiger partial charge in [-0.3, -0.25) is 15.1 Å². The molecule has 0 saturated heterocycles. The Bertz CT molecular complexity index is 1050. The number of methoxy groups -OCH3 is 1. The number of esters is 1. The van der Waals surface area contributed by atoms with Crippen LogP contribution in [0.25, 0.3) is 0 Å². The Kier molecular flexibility index (Phi) is 6.89. The van der Waals surface area contributed by atoms with Crippen LogP contribution in [0.5, 0.6) is 0 Å². The number of nitrogens with one attached hydrogen (secondary N) is 2. The number of rotatable bonds is 5. The van der Waals surface area contributed by atoms with Crippen molar-refractivity contribution in [1.82, 2.24) is 10.3 Å². The van der Waals surface area contributed by atoms with Crippen LogP contribution >= 0.6 is 0 Å². The molecule has 1 aromatic heterocycles. The normalized spacial score (nSPS) is 10.9. The van der Waals surface area contributed by atoms with Gasteiger partial charge in [0.05, 0.1) is 24.9 Å². The lowest BCUT2D eigenvalue weighted by atomic mass is 10.1. The van der Waals surface area contributed by atoms with E-state index in [1.807, 2.05) is 49.4 Å². The van der Waals surface area contributed by atoms with Gasteiger partial charge in [-0.15, -0.1) is 0 Å². The lowest BCUT2D eigenvalue weighted by molar-refractivity contribution is 0.0600. The Hall–Kier alpha value is -4.00. The van der Waals surface area contributed by atoms with Crippen LogP contribution in [0.3, 0.4) is 0 Å². The van der Waals surface area contributed by atoms with Crippen LogP contribution in [-0.2, 0) is 11.3 Å². The van der Waals surface area contributed by atoms with E-state index in [0.29, 0.717) is 23.6 Å². The van der Waals surface area contributed by atoms with Gasteiger partial charge in [0.15, 0.2) is 0 Å². The third-order valence-electron chi connectivity index (χ3n) is 4.21. The summed E-state index contributed by atoms with van der Waals surface area (Å²) in [7, 11) is 1.31. The van der Waals surface area contributed by atoms with Crippen molar-refractivity contribution < 1.29 is 14.3 Å². The minimum absolute atomic E-state index is 0.299. The van der Waals surface area contributed by atoms with Crippen molar-refractivity contribution >= 4 is 23.5 Å². The number of benzene rings is 2. The molecule has 0 unspecified atom stereocenters. The lowest BCUT2D eigenvalue weighted by Crippen LogP contribution is -2.36. The van der Waals surface area contributed by atoms with E-state index < -0.39 is 5.97 Å². The molecule has 1 heterocycles. The number of hydrogen-bond donors (Lipinski definition) is 2. The second kappa shape index (κ2) is 9.97. The highest BCUT2D eigenvalue weighted by Crippen LogP contribution is 2.10. The van der Waals surface area contributed by atoms with Crippen molar-refractivity contribution in [3.63, 3.8) is 0 Å². The molecule has 0 spiro atoms. The van der Waals surface area contributed by atoms with E-state index in [4.69, 9.17) is 0 Å². The summed E-state index contributed by atoms with van der Waals surface area (Å²) in [5.74, 6) is -0.514. The first kappa shape index (κ1) is 20.7. The molecule has 7 nitrogen and oxygen atoms in total. The Balaban J connectivity index is 1.78. The fourth-order valence-electron chi connectivity index (χ4n) is 2.68. The Morgan fingerprint density at radius 2 is 1.77 bits per heavy atom. The van der Waals surface area contributed by atoms with Gasteiger partial charge in [-0.25, -0.2) is 9.79 Å². The average molecular weight is 402 g/mol. The average Bonchev–Trinajstić information content (AvgIpc) is 2.77. The van der Waals surface area contributed by atoms with Crippen molar-refractivity contribution in [2.75, 3.05) is 12.4 Å². The van der Waals surface area contributed by atoms with E-state index >= 15 is 0 Å². The number of ether oxygens (including phenoxy) is 1. The van der Waals surface area contributed by atoms with Gasteiger partial charge in [-0.2, -0.15) is 0 Å². The summed E-state index contributed by atoms with van der Waals surface area (Å²) in [6.45, 7) is 2.29. The summed E-state index contributed by atoms with van der Waals surface area (Å²) in [5, 5.41) is 5.94. The number of aromatic nitrogens is 1. The molecule has 2 N–H and O–H groups in total. The topological polar surface area (TPSA) is 92.7 Å². The minimum atomic E-state index is -0.458. The number of carbonyl (C=O) groups is 2. The zero-order chi connectivity index (χ0) is 21.3. The number of carbonyl (C=O) groups excluding carboxylic acids is 2. The number of guanidine groups is 1. The van der Waals surface area contributed by atoms with E-state index in [1.54, 1.807) is 30.5 Å². The summed E-state index contributed by atoms with van der Waals surface area (Å²) in [6.07, 6.45) is 1.69. The molecule has 0 aliphatic heterocycles. The van der Waals surface area contributed by atoms with Crippen LogP contribution in [0.15, 0.2) is 77.9 Å². The van der Waals surface area contributed by atoms with Crippen molar-refractivity contribution in [2.24, 2.45) is 4.99 Å². The van der Waals surface area contributed by atoms with E-state index in [9.17, 15) is 9.59 Å². The first-order valence-corrected chi connectivity index (χ1v) is 9.33. The van der Waals surface area contributed by atoms with Gasteiger partial charge >= 0.3 is 5.97 Å². The molecule has 0 atom stereocenters. The first-order valence-electron chi connectivity index (χ1n) is 9.33. The van der Waals surface area contributed by atoms with E-state index in [-0.39, 0.29) is 5.91 Å². The van der Waals surface area contributed by atoms with Gasteiger partial charge in [0.25, 0.3) is 5.91 Å². The molecular formula is C23H22N4O3. The molecule has 0 saturated carbocycles. The number of aryl methyl sites for hydroxylation is 1. The largest absolute Gasteiger partial charge is 0.465 e. The summed E-state index contributed by atoms with van der Waals surface area (Å²) < 4.78 is 4.68. The second-order valence-electron chi connectivity index (χ2n) is 6.50. The number of aliphatic imine (C=N–C) groups is 1. The third-order valence-corrected chi connectivity index (χ3v) is 4.21. The maximum absolute atomic E-state index is 12.7. The lowest BCUT2D eigenvalue weighted by Gasteiger charge is -2.12. The summed E-state index contributed by atoms with van der Waals surface area (Å²) in [6, 6.07) is 19.5. The van der Waals surface area contributed by atoms with Gasteiger partial charge in [-0.1, -0.05) is 18.2 Å². The first-order chi connectivity index (χ1) is 14.5. The van der Waals surface area contributed by atoms with Crippen LogP contribution in [0.2, 0.25) is 0 Å². The summed E-state index contributed by atoms with van der Waals surface area (Å²) >= 11 is 0. The number of nitrogens with zero attached hydrogens (tertiary/aromatic N) is 2. The Morgan fingerprint density at radius 1 is 1.00 bits per heavy atom.